The highest BCUT2D eigenvalue weighted by atomic mass is 35.5. The Bertz CT molecular complexity index is 1100. The first-order valence-corrected chi connectivity index (χ1v) is 11.3. The van der Waals surface area contributed by atoms with Gasteiger partial charge in [-0.05, 0) is 29.5 Å². The number of carbonyl (C=O) groups is 1. The van der Waals surface area contributed by atoms with Crippen molar-refractivity contribution in [3.05, 3.63) is 70.7 Å². The van der Waals surface area contributed by atoms with Crippen LogP contribution in [0.25, 0.3) is 10.8 Å². The fourth-order valence-corrected chi connectivity index (χ4v) is 4.86. The van der Waals surface area contributed by atoms with Gasteiger partial charge in [-0.25, -0.2) is 0 Å². The molecule has 0 spiro atoms. The number of carbonyl (C=O) groups excluding carboxylic acids is 1. The van der Waals surface area contributed by atoms with E-state index in [1.807, 2.05) is 12.1 Å². The fraction of sp³-hybridized carbons (Fsp3) is 0.320. The van der Waals surface area contributed by atoms with E-state index in [-0.39, 0.29) is 5.91 Å². The molecule has 1 amide bonds. The Hall–Kier alpha value is -2.76. The van der Waals surface area contributed by atoms with E-state index in [4.69, 9.17) is 16.3 Å². The van der Waals surface area contributed by atoms with Gasteiger partial charge in [-0.2, -0.15) is 0 Å². The van der Waals surface area contributed by atoms with Gasteiger partial charge in [-0.15, -0.1) is 0 Å². The molecule has 0 radical (unpaired) electrons. The Morgan fingerprint density at radius 2 is 1.77 bits per heavy atom. The van der Waals surface area contributed by atoms with Crippen molar-refractivity contribution in [2.75, 3.05) is 44.2 Å². The third kappa shape index (κ3) is 4.08. The van der Waals surface area contributed by atoms with Crippen LogP contribution < -0.4 is 15.0 Å². The summed E-state index contributed by atoms with van der Waals surface area (Å²) in [7, 11) is 0. The van der Waals surface area contributed by atoms with Crippen LogP contribution in [-0.4, -0.2) is 50.1 Å². The zero-order valence-corrected chi connectivity index (χ0v) is 18.2. The second-order valence-corrected chi connectivity index (χ2v) is 8.50. The van der Waals surface area contributed by atoms with Crippen LogP contribution in [0.4, 0.5) is 5.69 Å². The zero-order chi connectivity index (χ0) is 21.2. The first kappa shape index (κ1) is 20.2. The molecule has 160 valence electrons. The largest absolute Gasteiger partial charge is 0.492 e. The van der Waals surface area contributed by atoms with Crippen molar-refractivity contribution in [2.45, 2.75) is 13.0 Å². The molecule has 2 heterocycles. The second-order valence-electron chi connectivity index (χ2n) is 8.12. The van der Waals surface area contributed by atoms with E-state index in [0.717, 1.165) is 44.7 Å². The van der Waals surface area contributed by atoms with Gasteiger partial charge in [0, 0.05) is 50.3 Å². The SMILES string of the molecule is O=C1NCc2ccc(OCCCN3CCN(c4cccc5ccccc45)CC3)c(Cl)c21. The Morgan fingerprint density at radius 3 is 2.65 bits per heavy atom. The summed E-state index contributed by atoms with van der Waals surface area (Å²) in [5, 5.41) is 5.85. The first-order valence-electron chi connectivity index (χ1n) is 10.9. The number of anilines is 1. The van der Waals surface area contributed by atoms with Gasteiger partial charge in [-0.1, -0.05) is 54.1 Å². The van der Waals surface area contributed by atoms with Crippen molar-refractivity contribution in [3.63, 3.8) is 0 Å². The molecule has 2 aliphatic heterocycles. The lowest BCUT2D eigenvalue weighted by atomic mass is 10.1. The molecule has 5 rings (SSSR count). The fourth-order valence-electron chi connectivity index (χ4n) is 4.53. The Balaban J connectivity index is 1.11. The van der Waals surface area contributed by atoms with E-state index in [1.165, 1.54) is 16.5 Å². The third-order valence-electron chi connectivity index (χ3n) is 6.22. The smallest absolute Gasteiger partial charge is 0.253 e. The average Bonchev–Trinajstić information content (AvgIpc) is 3.19. The molecule has 3 aromatic carbocycles. The Kier molecular flexibility index (Phi) is 5.70. The third-order valence-corrected chi connectivity index (χ3v) is 6.59. The number of nitrogens with zero attached hydrogens (tertiary/aromatic N) is 2. The molecule has 1 fully saturated rings. The molecular formula is C25H26ClN3O2. The Labute approximate surface area is 187 Å². The van der Waals surface area contributed by atoms with Gasteiger partial charge in [0.05, 0.1) is 17.2 Å². The van der Waals surface area contributed by atoms with Crippen molar-refractivity contribution in [1.29, 1.82) is 0 Å². The predicted octanol–water partition coefficient (Wildman–Crippen LogP) is 4.33. The normalized spacial score (nSPS) is 16.4. The highest BCUT2D eigenvalue weighted by Crippen LogP contribution is 2.33. The number of piperazine rings is 1. The summed E-state index contributed by atoms with van der Waals surface area (Å²) in [5.74, 6) is 0.479. The number of nitrogens with one attached hydrogen (secondary N) is 1. The van der Waals surface area contributed by atoms with E-state index in [1.54, 1.807) is 0 Å². The molecule has 0 aromatic heterocycles. The summed E-state index contributed by atoms with van der Waals surface area (Å²) >= 11 is 6.39. The lowest BCUT2D eigenvalue weighted by Crippen LogP contribution is -2.46. The molecule has 0 bridgehead atoms. The van der Waals surface area contributed by atoms with Gasteiger partial charge in [0.25, 0.3) is 5.91 Å². The maximum atomic E-state index is 11.9. The molecule has 5 nitrogen and oxygen atoms in total. The monoisotopic (exact) mass is 435 g/mol. The van der Waals surface area contributed by atoms with E-state index in [2.05, 4.69) is 57.6 Å². The summed E-state index contributed by atoms with van der Waals surface area (Å²) < 4.78 is 5.89. The molecule has 0 saturated carbocycles. The summed E-state index contributed by atoms with van der Waals surface area (Å²) in [4.78, 5) is 16.9. The lowest BCUT2D eigenvalue weighted by molar-refractivity contribution is 0.0965. The van der Waals surface area contributed by atoms with Crippen LogP contribution in [0.15, 0.2) is 54.6 Å². The molecule has 1 saturated heterocycles. The van der Waals surface area contributed by atoms with Gasteiger partial charge in [-0.3, -0.25) is 9.69 Å². The molecule has 0 atom stereocenters. The molecule has 0 unspecified atom stereocenters. The van der Waals surface area contributed by atoms with E-state index < -0.39 is 0 Å². The van der Waals surface area contributed by atoms with E-state index in [9.17, 15) is 4.79 Å². The highest BCUT2D eigenvalue weighted by Gasteiger charge is 2.24. The van der Waals surface area contributed by atoms with Crippen molar-refractivity contribution in [1.82, 2.24) is 10.2 Å². The molecule has 31 heavy (non-hydrogen) atoms. The van der Waals surface area contributed by atoms with Crippen LogP contribution in [0.3, 0.4) is 0 Å². The molecular weight excluding hydrogens is 410 g/mol. The molecule has 2 aliphatic rings. The van der Waals surface area contributed by atoms with Crippen LogP contribution in [0.1, 0.15) is 22.3 Å². The van der Waals surface area contributed by atoms with Crippen molar-refractivity contribution in [3.8, 4) is 5.75 Å². The summed E-state index contributed by atoms with van der Waals surface area (Å²) in [6.45, 7) is 6.27. The lowest BCUT2D eigenvalue weighted by Gasteiger charge is -2.36. The van der Waals surface area contributed by atoms with Crippen LogP contribution in [0.5, 0.6) is 5.75 Å². The predicted molar refractivity (Wildman–Crippen MR) is 125 cm³/mol. The summed E-state index contributed by atoms with van der Waals surface area (Å²) in [6, 6.07) is 18.9. The number of hydrogen-bond donors (Lipinski definition) is 1. The number of amides is 1. The zero-order valence-electron chi connectivity index (χ0n) is 17.4. The first-order chi connectivity index (χ1) is 15.2. The number of benzene rings is 3. The number of ether oxygens (including phenoxy) is 1. The van der Waals surface area contributed by atoms with E-state index in [0.29, 0.717) is 29.5 Å². The van der Waals surface area contributed by atoms with Crippen LogP contribution in [-0.2, 0) is 6.54 Å². The molecule has 1 N–H and O–H groups in total. The van der Waals surface area contributed by atoms with Crippen molar-refractivity contribution < 1.29 is 9.53 Å². The molecule has 6 heteroatoms. The van der Waals surface area contributed by atoms with Crippen molar-refractivity contribution in [2.24, 2.45) is 0 Å². The summed E-state index contributed by atoms with van der Waals surface area (Å²) in [5.41, 5.74) is 2.83. The van der Waals surface area contributed by atoms with Gasteiger partial charge in [0.2, 0.25) is 0 Å². The molecule has 3 aromatic rings. The molecule has 0 aliphatic carbocycles. The Morgan fingerprint density at radius 1 is 0.968 bits per heavy atom. The average molecular weight is 436 g/mol. The van der Waals surface area contributed by atoms with Gasteiger partial charge < -0.3 is 15.0 Å². The topological polar surface area (TPSA) is 44.8 Å². The van der Waals surface area contributed by atoms with Crippen LogP contribution in [0.2, 0.25) is 5.02 Å². The summed E-state index contributed by atoms with van der Waals surface area (Å²) in [6.07, 6.45) is 0.924. The highest BCUT2D eigenvalue weighted by molar-refractivity contribution is 6.35. The minimum atomic E-state index is -0.116. The standard InChI is InChI=1S/C25H26ClN3O2/c26-24-22(10-9-19-17-27-25(30)23(19)24)31-16-4-11-28-12-14-29(15-13-28)21-8-3-6-18-5-1-2-7-20(18)21/h1-3,5-10H,4,11-17H2,(H,27,30). The maximum absolute atomic E-state index is 11.9. The van der Waals surface area contributed by atoms with E-state index >= 15 is 0 Å². The van der Waals surface area contributed by atoms with Crippen LogP contribution >= 0.6 is 11.6 Å². The number of fused-ring (bicyclic) bond motifs is 2. The maximum Gasteiger partial charge on any atom is 0.253 e. The second kappa shape index (κ2) is 8.77. The number of hydrogen-bond acceptors (Lipinski definition) is 4. The van der Waals surface area contributed by atoms with Gasteiger partial charge in [0.15, 0.2) is 0 Å². The minimum absolute atomic E-state index is 0.116. The van der Waals surface area contributed by atoms with Crippen molar-refractivity contribution >= 4 is 34.0 Å². The van der Waals surface area contributed by atoms with Gasteiger partial charge >= 0.3 is 0 Å². The van der Waals surface area contributed by atoms with Gasteiger partial charge in [0.1, 0.15) is 5.75 Å². The number of halogens is 1. The minimum Gasteiger partial charge on any atom is -0.492 e. The quantitative estimate of drug-likeness (QED) is 0.585. The van der Waals surface area contributed by atoms with Crippen LogP contribution in [0, 0.1) is 0 Å². The number of rotatable bonds is 6.